The molecule has 3 rings (SSSR count). The van der Waals surface area contributed by atoms with Crippen molar-refractivity contribution in [2.75, 3.05) is 0 Å². The van der Waals surface area contributed by atoms with Crippen LogP contribution in [0.3, 0.4) is 0 Å². The van der Waals surface area contributed by atoms with Gasteiger partial charge in [-0.1, -0.05) is 42.4 Å². The molecule has 2 aromatic heterocycles. The lowest BCUT2D eigenvalue weighted by molar-refractivity contribution is 0.371. The van der Waals surface area contributed by atoms with E-state index in [4.69, 9.17) is 16.7 Å². The van der Waals surface area contributed by atoms with E-state index in [-0.39, 0.29) is 28.8 Å². The van der Waals surface area contributed by atoms with Crippen molar-refractivity contribution in [3.8, 4) is 17.3 Å². The number of aromatic amines is 1. The van der Waals surface area contributed by atoms with Crippen LogP contribution in [0.4, 0.5) is 0 Å². The first-order valence-electron chi connectivity index (χ1n) is 8.46. The number of hydrogen-bond donors (Lipinski definition) is 2. The SMILES string of the molecule is CC[C@@H](C)n1c(O)c(C=NCc2nc(-c3ccccc3)no2)c(=O)[nH]c1=S. The molecule has 2 heterocycles. The van der Waals surface area contributed by atoms with Gasteiger partial charge in [-0.2, -0.15) is 4.98 Å². The number of aromatic hydroxyl groups is 1. The van der Waals surface area contributed by atoms with Gasteiger partial charge in [-0.05, 0) is 25.6 Å². The van der Waals surface area contributed by atoms with Crippen LogP contribution in [0.5, 0.6) is 5.88 Å². The zero-order chi connectivity index (χ0) is 19.4. The molecule has 0 unspecified atom stereocenters. The predicted molar refractivity (Wildman–Crippen MR) is 104 cm³/mol. The molecule has 140 valence electrons. The van der Waals surface area contributed by atoms with Gasteiger partial charge in [-0.15, -0.1) is 0 Å². The zero-order valence-corrected chi connectivity index (χ0v) is 15.7. The van der Waals surface area contributed by atoms with Gasteiger partial charge in [-0.3, -0.25) is 19.3 Å². The molecule has 3 aromatic rings. The van der Waals surface area contributed by atoms with Gasteiger partial charge in [0, 0.05) is 17.8 Å². The van der Waals surface area contributed by atoms with E-state index in [1.54, 1.807) is 0 Å². The maximum atomic E-state index is 12.1. The molecular weight excluding hydrogens is 366 g/mol. The van der Waals surface area contributed by atoms with Crippen molar-refractivity contribution in [1.29, 1.82) is 0 Å². The first-order valence-corrected chi connectivity index (χ1v) is 8.87. The summed E-state index contributed by atoms with van der Waals surface area (Å²) in [7, 11) is 0. The van der Waals surface area contributed by atoms with E-state index in [1.807, 2.05) is 44.2 Å². The highest BCUT2D eigenvalue weighted by Gasteiger charge is 2.14. The second-order valence-corrected chi connectivity index (χ2v) is 6.36. The van der Waals surface area contributed by atoms with Crippen molar-refractivity contribution in [1.82, 2.24) is 19.7 Å². The predicted octanol–water partition coefficient (Wildman–Crippen LogP) is 3.25. The molecule has 0 aliphatic rings. The fourth-order valence-corrected chi connectivity index (χ4v) is 2.86. The van der Waals surface area contributed by atoms with E-state index in [9.17, 15) is 9.90 Å². The standard InChI is InChI=1S/C18H19N5O3S/c1-3-11(2)23-17(25)13(16(24)21-18(23)27)9-19-10-14-20-15(22-26-14)12-7-5-4-6-8-12/h4-9,11,25H,3,10H2,1-2H3,(H,21,24,27)/t11-/m1/s1. The van der Waals surface area contributed by atoms with Crippen molar-refractivity contribution in [2.45, 2.75) is 32.9 Å². The summed E-state index contributed by atoms with van der Waals surface area (Å²) >= 11 is 5.14. The quantitative estimate of drug-likeness (QED) is 0.498. The average Bonchev–Trinajstić information content (AvgIpc) is 3.13. The van der Waals surface area contributed by atoms with Crippen molar-refractivity contribution in [2.24, 2.45) is 4.99 Å². The molecule has 0 radical (unpaired) electrons. The Kier molecular flexibility index (Phi) is 5.60. The molecule has 1 aromatic carbocycles. The van der Waals surface area contributed by atoms with Crippen LogP contribution >= 0.6 is 12.2 Å². The van der Waals surface area contributed by atoms with Gasteiger partial charge < -0.3 is 9.63 Å². The Morgan fingerprint density at radius 1 is 1.41 bits per heavy atom. The third-order valence-corrected chi connectivity index (χ3v) is 4.43. The third-order valence-electron chi connectivity index (χ3n) is 4.13. The van der Waals surface area contributed by atoms with Gasteiger partial charge in [0.05, 0.1) is 0 Å². The van der Waals surface area contributed by atoms with Gasteiger partial charge in [-0.25, -0.2) is 0 Å². The third kappa shape index (κ3) is 4.03. The highest BCUT2D eigenvalue weighted by atomic mass is 32.1. The minimum absolute atomic E-state index is 0.0340. The zero-order valence-electron chi connectivity index (χ0n) is 14.9. The Labute approximate surface area is 160 Å². The fourth-order valence-electron chi connectivity index (χ4n) is 2.50. The summed E-state index contributed by atoms with van der Waals surface area (Å²) in [4.78, 5) is 23.1. The van der Waals surface area contributed by atoms with Gasteiger partial charge in [0.15, 0.2) is 4.77 Å². The summed E-state index contributed by atoms with van der Waals surface area (Å²) in [6.07, 6.45) is 2.03. The van der Waals surface area contributed by atoms with Gasteiger partial charge in [0.25, 0.3) is 5.56 Å². The second-order valence-electron chi connectivity index (χ2n) is 5.97. The molecule has 2 N–H and O–H groups in total. The highest BCUT2D eigenvalue weighted by molar-refractivity contribution is 7.71. The lowest BCUT2D eigenvalue weighted by Crippen LogP contribution is -2.20. The Morgan fingerprint density at radius 2 is 2.15 bits per heavy atom. The highest BCUT2D eigenvalue weighted by Crippen LogP contribution is 2.20. The topological polar surface area (TPSA) is 109 Å². The number of aliphatic imine (C=N–C) groups is 1. The van der Waals surface area contributed by atoms with Gasteiger partial charge in [0.2, 0.25) is 17.6 Å². The molecule has 0 saturated carbocycles. The number of hydrogen-bond acceptors (Lipinski definition) is 7. The van der Waals surface area contributed by atoms with Crippen LogP contribution in [0.2, 0.25) is 0 Å². The van der Waals surface area contributed by atoms with Crippen LogP contribution < -0.4 is 5.56 Å². The second kappa shape index (κ2) is 8.09. The number of benzene rings is 1. The Morgan fingerprint density at radius 3 is 2.85 bits per heavy atom. The summed E-state index contributed by atoms with van der Waals surface area (Å²) < 4.78 is 6.84. The average molecular weight is 385 g/mol. The van der Waals surface area contributed by atoms with Crippen molar-refractivity contribution < 1.29 is 9.63 Å². The number of H-pyrrole nitrogens is 1. The number of nitrogens with zero attached hydrogens (tertiary/aromatic N) is 4. The van der Waals surface area contributed by atoms with Crippen molar-refractivity contribution in [3.63, 3.8) is 0 Å². The monoisotopic (exact) mass is 385 g/mol. The smallest absolute Gasteiger partial charge is 0.264 e. The summed E-state index contributed by atoms with van der Waals surface area (Å²) in [5.41, 5.74) is 0.365. The largest absolute Gasteiger partial charge is 0.494 e. The molecule has 27 heavy (non-hydrogen) atoms. The summed E-state index contributed by atoms with van der Waals surface area (Å²) in [6.45, 7) is 3.95. The van der Waals surface area contributed by atoms with Crippen molar-refractivity contribution >= 4 is 18.4 Å². The van der Waals surface area contributed by atoms with E-state index in [1.165, 1.54) is 10.8 Å². The summed E-state index contributed by atoms with van der Waals surface area (Å²) in [5, 5.41) is 14.3. The van der Waals surface area contributed by atoms with Gasteiger partial charge >= 0.3 is 0 Å². The van der Waals surface area contributed by atoms with E-state index in [2.05, 4.69) is 20.1 Å². The Hall–Kier alpha value is -3.07. The van der Waals surface area contributed by atoms with E-state index >= 15 is 0 Å². The molecule has 0 aliphatic carbocycles. The van der Waals surface area contributed by atoms with Crippen LogP contribution in [0.1, 0.15) is 37.8 Å². The lowest BCUT2D eigenvalue weighted by atomic mass is 10.2. The number of rotatable bonds is 6. The van der Waals surface area contributed by atoms with Gasteiger partial charge in [0.1, 0.15) is 12.1 Å². The van der Waals surface area contributed by atoms with E-state index in [0.717, 1.165) is 12.0 Å². The maximum absolute atomic E-state index is 12.1. The minimum atomic E-state index is -0.503. The summed E-state index contributed by atoms with van der Waals surface area (Å²) in [5.74, 6) is 0.555. The van der Waals surface area contributed by atoms with Crippen LogP contribution in [-0.4, -0.2) is 31.0 Å². The number of aromatic nitrogens is 4. The molecule has 0 amide bonds. The molecule has 9 heteroatoms. The number of nitrogens with one attached hydrogen (secondary N) is 1. The van der Waals surface area contributed by atoms with Crippen LogP contribution in [0, 0.1) is 4.77 Å². The normalized spacial score (nSPS) is 12.5. The first-order chi connectivity index (χ1) is 13.0. The molecule has 8 nitrogen and oxygen atoms in total. The van der Waals surface area contributed by atoms with E-state index < -0.39 is 5.56 Å². The molecule has 0 fully saturated rings. The molecule has 0 spiro atoms. The molecule has 0 bridgehead atoms. The summed E-state index contributed by atoms with van der Waals surface area (Å²) in [6, 6.07) is 9.35. The Balaban J connectivity index is 1.82. The lowest BCUT2D eigenvalue weighted by Gasteiger charge is -2.16. The first kappa shape index (κ1) is 18.7. The minimum Gasteiger partial charge on any atom is -0.494 e. The fraction of sp³-hybridized carbons (Fsp3) is 0.278. The van der Waals surface area contributed by atoms with Crippen molar-refractivity contribution in [3.05, 3.63) is 56.9 Å². The van der Waals surface area contributed by atoms with Crippen LogP contribution in [0.15, 0.2) is 44.6 Å². The Bertz CT molecular complexity index is 1070. The maximum Gasteiger partial charge on any atom is 0.264 e. The van der Waals surface area contributed by atoms with Crippen LogP contribution in [0.25, 0.3) is 11.4 Å². The molecule has 0 aliphatic heterocycles. The molecular formula is C18H19N5O3S. The molecule has 0 saturated heterocycles. The molecule has 1 atom stereocenters. The van der Waals surface area contributed by atoms with Crippen LogP contribution in [-0.2, 0) is 6.54 Å². The van der Waals surface area contributed by atoms with E-state index in [0.29, 0.717) is 11.7 Å².